The van der Waals surface area contributed by atoms with Crippen molar-refractivity contribution >= 4 is 43.1 Å². The minimum absolute atomic E-state index is 0.0201. The molecule has 0 radical (unpaired) electrons. The molecular weight excluding hydrogens is 390 g/mol. The van der Waals surface area contributed by atoms with Gasteiger partial charge in [-0.1, -0.05) is 18.2 Å². The molecule has 3 rings (SSSR count). The maximum Gasteiger partial charge on any atom is 0.349 e. The fourth-order valence-corrected chi connectivity index (χ4v) is 5.49. The molecule has 0 atom stereocenters. The van der Waals surface area contributed by atoms with Gasteiger partial charge >= 0.3 is 5.97 Å². The van der Waals surface area contributed by atoms with Crippen molar-refractivity contribution in [1.82, 2.24) is 0 Å². The van der Waals surface area contributed by atoms with Crippen LogP contribution >= 0.6 is 11.3 Å². The van der Waals surface area contributed by atoms with Crippen molar-refractivity contribution in [2.45, 2.75) is 4.90 Å². The molecule has 0 aliphatic heterocycles. The normalized spacial score (nSPS) is 11.2. The lowest BCUT2D eigenvalue weighted by Crippen LogP contribution is -2.16. The molecule has 3 aromatic rings. The number of thiophene rings is 1. The molecule has 0 aliphatic carbocycles. The first-order chi connectivity index (χ1) is 12.9. The quantitative estimate of drug-likeness (QED) is 0.629. The van der Waals surface area contributed by atoms with Crippen molar-refractivity contribution in [2.24, 2.45) is 0 Å². The molecule has 1 heterocycles. The number of hydrogen-bond acceptors (Lipinski definition) is 7. The van der Waals surface area contributed by atoms with Crippen molar-refractivity contribution in [2.75, 3.05) is 26.1 Å². The number of nitrogens with one attached hydrogen (secondary N) is 1. The molecule has 9 heteroatoms. The maximum absolute atomic E-state index is 13.1. The molecule has 0 saturated carbocycles. The molecule has 142 valence electrons. The predicted molar refractivity (Wildman–Crippen MR) is 104 cm³/mol. The minimum Gasteiger partial charge on any atom is -0.493 e. The molecule has 0 bridgehead atoms. The Labute approximate surface area is 160 Å². The third-order valence-electron chi connectivity index (χ3n) is 3.83. The van der Waals surface area contributed by atoms with E-state index in [0.717, 1.165) is 11.3 Å². The summed E-state index contributed by atoms with van der Waals surface area (Å²) < 4.78 is 44.5. The van der Waals surface area contributed by atoms with Gasteiger partial charge < -0.3 is 14.2 Å². The lowest BCUT2D eigenvalue weighted by Gasteiger charge is -2.12. The molecular formula is C18H17NO6S2. The zero-order valence-corrected chi connectivity index (χ0v) is 16.4. The number of hydrogen-bond donors (Lipinski definition) is 1. The third kappa shape index (κ3) is 3.56. The number of fused-ring (bicyclic) bond motifs is 1. The van der Waals surface area contributed by atoms with Gasteiger partial charge in [0.25, 0.3) is 10.0 Å². The lowest BCUT2D eigenvalue weighted by atomic mass is 10.2. The Kier molecular flexibility index (Phi) is 5.24. The lowest BCUT2D eigenvalue weighted by molar-refractivity contribution is 0.0602. The summed E-state index contributed by atoms with van der Waals surface area (Å²) in [6.07, 6.45) is 0. The molecule has 0 amide bonds. The van der Waals surface area contributed by atoms with E-state index in [4.69, 9.17) is 14.2 Å². The molecule has 0 fully saturated rings. The van der Waals surface area contributed by atoms with Crippen LogP contribution in [0, 0.1) is 0 Å². The highest BCUT2D eigenvalue weighted by molar-refractivity contribution is 7.93. The van der Waals surface area contributed by atoms with Crippen molar-refractivity contribution in [1.29, 1.82) is 0 Å². The van der Waals surface area contributed by atoms with E-state index < -0.39 is 16.0 Å². The van der Waals surface area contributed by atoms with Crippen LogP contribution in [0.1, 0.15) is 9.67 Å². The fraction of sp³-hybridized carbons (Fsp3) is 0.167. The number of anilines is 1. The Morgan fingerprint density at radius 2 is 1.70 bits per heavy atom. The van der Waals surface area contributed by atoms with Gasteiger partial charge in [-0.3, -0.25) is 4.72 Å². The van der Waals surface area contributed by atoms with Crippen LogP contribution in [0.15, 0.2) is 47.4 Å². The summed E-state index contributed by atoms with van der Waals surface area (Å²) in [5, 5.41) is 0.455. The van der Waals surface area contributed by atoms with Gasteiger partial charge in [-0.2, -0.15) is 0 Å². The van der Waals surface area contributed by atoms with E-state index in [-0.39, 0.29) is 15.5 Å². The van der Waals surface area contributed by atoms with Gasteiger partial charge in [0.2, 0.25) is 0 Å². The van der Waals surface area contributed by atoms with Crippen LogP contribution in [0.25, 0.3) is 10.1 Å². The number of ether oxygens (including phenoxy) is 3. The van der Waals surface area contributed by atoms with E-state index in [9.17, 15) is 13.2 Å². The molecule has 0 aliphatic rings. The van der Waals surface area contributed by atoms with E-state index in [1.807, 2.05) is 0 Å². The number of rotatable bonds is 6. The van der Waals surface area contributed by atoms with Gasteiger partial charge in [0.15, 0.2) is 11.5 Å². The Morgan fingerprint density at radius 1 is 1.00 bits per heavy atom. The Morgan fingerprint density at radius 3 is 2.37 bits per heavy atom. The summed E-state index contributed by atoms with van der Waals surface area (Å²) in [5.41, 5.74) is 0.277. The van der Waals surface area contributed by atoms with Crippen molar-refractivity contribution in [3.8, 4) is 11.5 Å². The first-order valence-corrected chi connectivity index (χ1v) is 10.1. The van der Waals surface area contributed by atoms with Gasteiger partial charge in [0.05, 0.1) is 27.0 Å². The van der Waals surface area contributed by atoms with Gasteiger partial charge in [-0.05, 0) is 18.2 Å². The maximum atomic E-state index is 13.1. The molecule has 1 N–H and O–H groups in total. The van der Waals surface area contributed by atoms with Gasteiger partial charge in [0.1, 0.15) is 9.77 Å². The minimum atomic E-state index is -4.06. The first-order valence-electron chi connectivity index (χ1n) is 7.76. The first kappa shape index (κ1) is 19.0. The van der Waals surface area contributed by atoms with Crippen molar-refractivity contribution in [3.63, 3.8) is 0 Å². The van der Waals surface area contributed by atoms with Crippen LogP contribution in [-0.4, -0.2) is 35.7 Å². The van der Waals surface area contributed by atoms with E-state index in [2.05, 4.69) is 4.72 Å². The van der Waals surface area contributed by atoms with E-state index in [0.29, 0.717) is 21.6 Å². The van der Waals surface area contributed by atoms with Crippen LogP contribution in [0.4, 0.5) is 5.69 Å². The average Bonchev–Trinajstić information content (AvgIpc) is 3.07. The van der Waals surface area contributed by atoms with Crippen LogP contribution in [-0.2, 0) is 14.8 Å². The number of esters is 1. The van der Waals surface area contributed by atoms with E-state index >= 15 is 0 Å². The molecule has 0 unspecified atom stereocenters. The van der Waals surface area contributed by atoms with Gasteiger partial charge in [-0.25, -0.2) is 13.2 Å². The molecule has 0 spiro atoms. The van der Waals surface area contributed by atoms with Crippen LogP contribution < -0.4 is 14.2 Å². The monoisotopic (exact) mass is 407 g/mol. The Bertz CT molecular complexity index is 1100. The summed E-state index contributed by atoms with van der Waals surface area (Å²) in [6.45, 7) is 0. The van der Waals surface area contributed by atoms with Gasteiger partial charge in [0, 0.05) is 16.2 Å². The Hall–Kier alpha value is -2.78. The zero-order chi connectivity index (χ0) is 19.6. The fourth-order valence-electron chi connectivity index (χ4n) is 2.62. The summed E-state index contributed by atoms with van der Waals surface area (Å²) in [7, 11) is 0.0936. The largest absolute Gasteiger partial charge is 0.493 e. The highest BCUT2D eigenvalue weighted by Gasteiger charge is 2.29. The topological polar surface area (TPSA) is 90.9 Å². The molecule has 1 aromatic heterocycles. The second-order valence-corrected chi connectivity index (χ2v) is 8.09. The van der Waals surface area contributed by atoms with Crippen molar-refractivity contribution < 1.29 is 27.4 Å². The highest BCUT2D eigenvalue weighted by atomic mass is 32.2. The van der Waals surface area contributed by atoms with Gasteiger partial charge in [-0.15, -0.1) is 11.3 Å². The number of sulfonamides is 1. The molecule has 0 saturated heterocycles. The SMILES string of the molecule is COC(=O)c1sc2ccccc2c1S(=O)(=O)Nc1ccc(OC)c(OC)c1. The summed E-state index contributed by atoms with van der Waals surface area (Å²) >= 11 is 1.07. The number of carbonyl (C=O) groups is 1. The molecule has 27 heavy (non-hydrogen) atoms. The standard InChI is InChI=1S/C18H17NO6S2/c1-23-13-9-8-11(10-14(13)24-2)19-27(21,22)17-12-6-4-5-7-15(12)26-16(17)18(20)25-3/h4-10,19H,1-3H3. The van der Waals surface area contributed by atoms with Crippen molar-refractivity contribution in [3.05, 3.63) is 47.3 Å². The number of methoxy groups -OCH3 is 3. The summed E-state index contributed by atoms with van der Waals surface area (Å²) in [5.74, 6) is 0.140. The second-order valence-electron chi connectivity index (χ2n) is 5.42. The predicted octanol–water partition coefficient (Wildman–Crippen LogP) is 3.51. The van der Waals surface area contributed by atoms with Crippen LogP contribution in [0.5, 0.6) is 11.5 Å². The van der Waals surface area contributed by atoms with E-state index in [1.165, 1.54) is 27.4 Å². The summed E-state index contributed by atoms with van der Waals surface area (Å²) in [6, 6.07) is 11.5. The number of carbonyl (C=O) groups excluding carboxylic acids is 1. The summed E-state index contributed by atoms with van der Waals surface area (Å²) in [4.78, 5) is 12.1. The molecule has 2 aromatic carbocycles. The highest BCUT2D eigenvalue weighted by Crippen LogP contribution is 2.37. The van der Waals surface area contributed by atoms with Crippen LogP contribution in [0.3, 0.4) is 0 Å². The zero-order valence-electron chi connectivity index (χ0n) is 14.8. The second kappa shape index (κ2) is 7.45. The average molecular weight is 407 g/mol. The third-order valence-corrected chi connectivity index (χ3v) is 6.57. The Balaban J connectivity index is 2.11. The van der Waals surface area contributed by atoms with Crippen LogP contribution in [0.2, 0.25) is 0 Å². The number of benzene rings is 2. The smallest absolute Gasteiger partial charge is 0.349 e. The molecule has 7 nitrogen and oxygen atoms in total. The van der Waals surface area contributed by atoms with E-state index in [1.54, 1.807) is 36.4 Å².